The van der Waals surface area contributed by atoms with Gasteiger partial charge in [0.25, 0.3) is 0 Å². The fraction of sp³-hybridized carbons (Fsp3) is 0.533. The van der Waals surface area contributed by atoms with Crippen LogP contribution in [0.1, 0.15) is 29.5 Å². The van der Waals surface area contributed by atoms with E-state index >= 15 is 0 Å². The molecule has 0 saturated heterocycles. The van der Waals surface area contributed by atoms with Gasteiger partial charge in [-0.05, 0) is 25.3 Å². The van der Waals surface area contributed by atoms with Crippen molar-refractivity contribution in [3.63, 3.8) is 0 Å². The normalized spacial score (nSPS) is 16.2. The topological polar surface area (TPSA) is 31.4 Å². The Balaban J connectivity index is 1.99. The maximum absolute atomic E-state index is 6.06. The summed E-state index contributed by atoms with van der Waals surface area (Å²) in [5.74, 6) is 0. The van der Waals surface area contributed by atoms with Gasteiger partial charge in [-0.1, -0.05) is 34.2 Å². The van der Waals surface area contributed by atoms with Crippen LogP contribution in [0.5, 0.6) is 0 Å². The molecule has 1 aliphatic rings. The number of rotatable bonds is 8. The first-order chi connectivity index (χ1) is 9.83. The van der Waals surface area contributed by atoms with Crippen LogP contribution < -0.4 is 0 Å². The molecule has 0 saturated carbocycles. The van der Waals surface area contributed by atoms with Gasteiger partial charge in [-0.3, -0.25) is 0 Å². The first-order valence-corrected chi connectivity index (χ1v) is 8.85. The first kappa shape index (κ1) is 15.9. The van der Waals surface area contributed by atoms with E-state index in [0.29, 0.717) is 13.2 Å². The van der Waals surface area contributed by atoms with Gasteiger partial charge in [0, 0.05) is 5.33 Å². The highest BCUT2D eigenvalue weighted by Gasteiger charge is 2.20. The highest BCUT2D eigenvalue weighted by Crippen LogP contribution is 2.33. The van der Waals surface area contributed by atoms with Gasteiger partial charge in [-0.2, -0.15) is 0 Å². The summed E-state index contributed by atoms with van der Waals surface area (Å²) in [7, 11) is 0. The van der Waals surface area contributed by atoms with Gasteiger partial charge in [0.05, 0.1) is 35.9 Å². The fourth-order valence-corrected chi connectivity index (χ4v) is 3.20. The number of nitrogens with zero attached hydrogens (tertiary/aromatic N) is 1. The van der Waals surface area contributed by atoms with Gasteiger partial charge < -0.3 is 9.47 Å². The largest absolute Gasteiger partial charge is 0.378 e. The SMILES string of the molecule is Cc1ncsc1C(OCCOCCBr)C1=CCCC=C1. The van der Waals surface area contributed by atoms with E-state index in [9.17, 15) is 0 Å². The number of hydrogen-bond acceptors (Lipinski definition) is 4. The summed E-state index contributed by atoms with van der Waals surface area (Å²) in [6, 6.07) is 0. The molecule has 1 heterocycles. The molecule has 0 radical (unpaired) electrons. The molecule has 0 bridgehead atoms. The van der Waals surface area contributed by atoms with Crippen LogP contribution in [-0.4, -0.2) is 30.1 Å². The summed E-state index contributed by atoms with van der Waals surface area (Å²) < 4.78 is 11.5. The van der Waals surface area contributed by atoms with E-state index in [1.54, 1.807) is 11.3 Å². The minimum Gasteiger partial charge on any atom is -0.378 e. The molecule has 1 atom stereocenters. The zero-order chi connectivity index (χ0) is 14.2. The molecule has 0 aromatic carbocycles. The Hall–Kier alpha value is -0.490. The third kappa shape index (κ3) is 4.52. The van der Waals surface area contributed by atoms with E-state index in [0.717, 1.165) is 30.5 Å². The monoisotopic (exact) mass is 357 g/mol. The molecule has 0 N–H and O–H groups in total. The van der Waals surface area contributed by atoms with E-state index in [4.69, 9.17) is 9.47 Å². The summed E-state index contributed by atoms with van der Waals surface area (Å²) >= 11 is 5.00. The van der Waals surface area contributed by atoms with Gasteiger partial charge >= 0.3 is 0 Å². The molecule has 2 rings (SSSR count). The van der Waals surface area contributed by atoms with Crippen LogP contribution in [0, 0.1) is 6.92 Å². The van der Waals surface area contributed by atoms with Gasteiger partial charge in [0.2, 0.25) is 0 Å². The summed E-state index contributed by atoms with van der Waals surface area (Å²) in [4.78, 5) is 5.54. The van der Waals surface area contributed by atoms with E-state index in [2.05, 4.69) is 39.1 Å². The van der Waals surface area contributed by atoms with Crippen LogP contribution in [0.4, 0.5) is 0 Å². The van der Waals surface area contributed by atoms with Crippen molar-refractivity contribution < 1.29 is 9.47 Å². The molecule has 0 amide bonds. The molecule has 1 unspecified atom stereocenters. The highest BCUT2D eigenvalue weighted by molar-refractivity contribution is 9.09. The molecular weight excluding hydrogens is 338 g/mol. The average Bonchev–Trinajstić information content (AvgIpc) is 2.90. The van der Waals surface area contributed by atoms with Crippen LogP contribution in [0.3, 0.4) is 0 Å². The molecule has 0 aliphatic heterocycles. The first-order valence-electron chi connectivity index (χ1n) is 6.85. The lowest BCUT2D eigenvalue weighted by Gasteiger charge is -2.20. The van der Waals surface area contributed by atoms with Crippen LogP contribution in [-0.2, 0) is 9.47 Å². The Morgan fingerprint density at radius 3 is 2.90 bits per heavy atom. The molecule has 110 valence electrons. The standard InChI is InChI=1S/C15H20BrNO2S/c1-12-15(20-11-17-12)14(13-5-3-2-4-6-13)19-10-9-18-8-7-16/h3,5-6,11,14H,2,4,7-10H2,1H3. The zero-order valence-electron chi connectivity index (χ0n) is 11.7. The number of ether oxygens (including phenoxy) is 2. The molecule has 3 nitrogen and oxygen atoms in total. The van der Waals surface area contributed by atoms with Crippen LogP contribution in [0.15, 0.2) is 29.3 Å². The predicted molar refractivity (Wildman–Crippen MR) is 86.6 cm³/mol. The maximum Gasteiger partial charge on any atom is 0.118 e. The second-order valence-electron chi connectivity index (χ2n) is 4.54. The molecule has 1 aromatic heterocycles. The molecule has 1 aromatic rings. The Kier molecular flexibility index (Phi) is 6.93. The van der Waals surface area contributed by atoms with Crippen molar-refractivity contribution >= 4 is 27.3 Å². The molecule has 0 fully saturated rings. The number of alkyl halides is 1. The highest BCUT2D eigenvalue weighted by atomic mass is 79.9. The lowest BCUT2D eigenvalue weighted by Crippen LogP contribution is -2.12. The molecule has 0 spiro atoms. The Morgan fingerprint density at radius 1 is 1.35 bits per heavy atom. The Bertz CT molecular complexity index is 470. The van der Waals surface area contributed by atoms with E-state index in [1.165, 1.54) is 10.5 Å². The number of thiazole rings is 1. The summed E-state index contributed by atoms with van der Waals surface area (Å²) in [5, 5.41) is 0.859. The minimum absolute atomic E-state index is 0.00776. The van der Waals surface area contributed by atoms with Crippen molar-refractivity contribution in [1.82, 2.24) is 4.98 Å². The lowest BCUT2D eigenvalue weighted by atomic mass is 10.0. The minimum atomic E-state index is -0.00776. The van der Waals surface area contributed by atoms with Crippen molar-refractivity contribution in [3.8, 4) is 0 Å². The lowest BCUT2D eigenvalue weighted by molar-refractivity contribution is 0.0247. The number of halogens is 1. The second-order valence-corrected chi connectivity index (χ2v) is 6.22. The van der Waals surface area contributed by atoms with Crippen molar-refractivity contribution in [1.29, 1.82) is 0 Å². The summed E-state index contributed by atoms with van der Waals surface area (Å²) in [6.45, 7) is 3.98. The van der Waals surface area contributed by atoms with Crippen molar-refractivity contribution in [3.05, 3.63) is 39.9 Å². The van der Waals surface area contributed by atoms with Gasteiger partial charge in [-0.25, -0.2) is 4.98 Å². The number of aryl methyl sites for hydroxylation is 1. The number of allylic oxidation sites excluding steroid dienone is 2. The van der Waals surface area contributed by atoms with Crippen molar-refractivity contribution in [2.75, 3.05) is 25.2 Å². The van der Waals surface area contributed by atoms with Crippen molar-refractivity contribution in [2.45, 2.75) is 25.9 Å². The summed E-state index contributed by atoms with van der Waals surface area (Å²) in [6.07, 6.45) is 8.85. The van der Waals surface area contributed by atoms with Crippen LogP contribution >= 0.6 is 27.3 Å². The smallest absolute Gasteiger partial charge is 0.118 e. The molecular formula is C15H20BrNO2S. The van der Waals surface area contributed by atoms with Crippen molar-refractivity contribution in [2.24, 2.45) is 0 Å². The quantitative estimate of drug-likeness (QED) is 0.516. The average molecular weight is 358 g/mol. The van der Waals surface area contributed by atoms with Gasteiger partial charge in [0.15, 0.2) is 0 Å². The molecule has 1 aliphatic carbocycles. The van der Waals surface area contributed by atoms with Gasteiger partial charge in [-0.15, -0.1) is 11.3 Å². The van der Waals surface area contributed by atoms with Crippen LogP contribution in [0.2, 0.25) is 0 Å². The maximum atomic E-state index is 6.06. The van der Waals surface area contributed by atoms with Gasteiger partial charge in [0.1, 0.15) is 6.10 Å². The van der Waals surface area contributed by atoms with E-state index in [1.807, 2.05) is 12.4 Å². The fourth-order valence-electron chi connectivity index (χ4n) is 2.10. The second kappa shape index (κ2) is 8.72. The Labute approximate surface area is 132 Å². The van der Waals surface area contributed by atoms with E-state index < -0.39 is 0 Å². The molecule has 5 heteroatoms. The third-order valence-electron chi connectivity index (χ3n) is 3.08. The third-order valence-corrected chi connectivity index (χ3v) is 4.38. The zero-order valence-corrected chi connectivity index (χ0v) is 14.1. The molecule has 20 heavy (non-hydrogen) atoms. The van der Waals surface area contributed by atoms with Crippen LogP contribution in [0.25, 0.3) is 0 Å². The summed E-state index contributed by atoms with van der Waals surface area (Å²) in [5.41, 5.74) is 4.18. The number of hydrogen-bond donors (Lipinski definition) is 0. The predicted octanol–water partition coefficient (Wildman–Crippen LogP) is 4.20. The van der Waals surface area contributed by atoms with E-state index in [-0.39, 0.29) is 6.10 Å². The Morgan fingerprint density at radius 2 is 2.25 bits per heavy atom. The number of aromatic nitrogens is 1.